The zero-order valence-corrected chi connectivity index (χ0v) is 10.5. The van der Waals surface area contributed by atoms with E-state index in [0.29, 0.717) is 25.1 Å². The van der Waals surface area contributed by atoms with Crippen LogP contribution in [-0.2, 0) is 9.59 Å². The molecule has 0 aromatic heterocycles. The SMILES string of the molecule is O=C(NCCCCCO)C(=O)Nc1ccc(F)cc1. The van der Waals surface area contributed by atoms with Gasteiger partial charge >= 0.3 is 11.8 Å². The average Bonchev–Trinajstić information content (AvgIpc) is 2.41. The van der Waals surface area contributed by atoms with Gasteiger partial charge in [-0.1, -0.05) is 0 Å². The largest absolute Gasteiger partial charge is 0.396 e. The van der Waals surface area contributed by atoms with Gasteiger partial charge in [0.05, 0.1) is 0 Å². The van der Waals surface area contributed by atoms with E-state index in [4.69, 9.17) is 5.11 Å². The van der Waals surface area contributed by atoms with Crippen molar-refractivity contribution in [2.75, 3.05) is 18.5 Å². The molecule has 0 radical (unpaired) electrons. The van der Waals surface area contributed by atoms with Crippen molar-refractivity contribution in [3.8, 4) is 0 Å². The molecule has 0 aliphatic carbocycles. The Balaban J connectivity index is 2.28. The molecule has 0 aliphatic heterocycles. The molecule has 1 aromatic rings. The highest BCUT2D eigenvalue weighted by Gasteiger charge is 2.12. The van der Waals surface area contributed by atoms with Crippen molar-refractivity contribution in [3.05, 3.63) is 30.1 Å². The van der Waals surface area contributed by atoms with Crippen LogP contribution in [0, 0.1) is 5.82 Å². The van der Waals surface area contributed by atoms with Gasteiger partial charge in [-0.2, -0.15) is 0 Å². The fourth-order valence-corrected chi connectivity index (χ4v) is 1.42. The highest BCUT2D eigenvalue weighted by Crippen LogP contribution is 2.07. The Morgan fingerprint density at radius 3 is 2.37 bits per heavy atom. The topological polar surface area (TPSA) is 78.4 Å². The van der Waals surface area contributed by atoms with Gasteiger partial charge in [0, 0.05) is 18.8 Å². The first-order chi connectivity index (χ1) is 9.13. The molecule has 0 fully saturated rings. The van der Waals surface area contributed by atoms with Gasteiger partial charge in [0.15, 0.2) is 0 Å². The number of carbonyl (C=O) groups excluding carboxylic acids is 2. The van der Waals surface area contributed by atoms with Crippen LogP contribution < -0.4 is 10.6 Å². The summed E-state index contributed by atoms with van der Waals surface area (Å²) in [4.78, 5) is 22.9. The third-order valence-corrected chi connectivity index (χ3v) is 2.43. The number of amides is 2. The summed E-state index contributed by atoms with van der Waals surface area (Å²) in [5.41, 5.74) is 0.363. The summed E-state index contributed by atoms with van der Waals surface area (Å²) >= 11 is 0. The standard InChI is InChI=1S/C13H17FN2O3/c14-10-4-6-11(7-5-10)16-13(19)12(18)15-8-2-1-3-9-17/h4-7,17H,1-3,8-9H2,(H,15,18)(H,16,19). The Morgan fingerprint density at radius 2 is 1.74 bits per heavy atom. The van der Waals surface area contributed by atoms with Crippen molar-refractivity contribution in [2.24, 2.45) is 0 Å². The third kappa shape index (κ3) is 5.96. The van der Waals surface area contributed by atoms with Crippen molar-refractivity contribution in [2.45, 2.75) is 19.3 Å². The normalized spacial score (nSPS) is 10.0. The quantitative estimate of drug-likeness (QED) is 0.533. The zero-order valence-electron chi connectivity index (χ0n) is 10.5. The number of halogens is 1. The number of nitrogens with one attached hydrogen (secondary N) is 2. The van der Waals surface area contributed by atoms with E-state index in [-0.39, 0.29) is 6.61 Å². The highest BCUT2D eigenvalue weighted by atomic mass is 19.1. The van der Waals surface area contributed by atoms with Crippen LogP contribution in [0.3, 0.4) is 0 Å². The Hall–Kier alpha value is -1.95. The van der Waals surface area contributed by atoms with E-state index in [1.165, 1.54) is 24.3 Å². The maximum Gasteiger partial charge on any atom is 0.313 e. The van der Waals surface area contributed by atoms with Gasteiger partial charge in [-0.3, -0.25) is 9.59 Å². The second-order valence-corrected chi connectivity index (χ2v) is 4.00. The van der Waals surface area contributed by atoms with E-state index in [2.05, 4.69) is 10.6 Å². The molecule has 2 amide bonds. The van der Waals surface area contributed by atoms with Gasteiger partial charge in [0.1, 0.15) is 5.82 Å². The van der Waals surface area contributed by atoms with Crippen LogP contribution >= 0.6 is 0 Å². The van der Waals surface area contributed by atoms with Crippen LogP contribution in [0.2, 0.25) is 0 Å². The predicted octanol–water partition coefficient (Wildman–Crippen LogP) is 1.04. The lowest BCUT2D eigenvalue weighted by atomic mass is 10.2. The summed E-state index contributed by atoms with van der Waals surface area (Å²) in [7, 11) is 0. The Kier molecular flexibility index (Phi) is 6.52. The minimum absolute atomic E-state index is 0.124. The van der Waals surface area contributed by atoms with Gasteiger partial charge < -0.3 is 15.7 Å². The van der Waals surface area contributed by atoms with Crippen molar-refractivity contribution < 1.29 is 19.1 Å². The number of aliphatic hydroxyl groups is 1. The van der Waals surface area contributed by atoms with Gasteiger partial charge in [0.2, 0.25) is 0 Å². The fourth-order valence-electron chi connectivity index (χ4n) is 1.42. The molecule has 104 valence electrons. The minimum atomic E-state index is -0.784. The summed E-state index contributed by atoms with van der Waals surface area (Å²) in [6.45, 7) is 0.509. The summed E-state index contributed by atoms with van der Waals surface area (Å²) in [6, 6.07) is 5.15. The van der Waals surface area contributed by atoms with Crippen LogP contribution in [0.5, 0.6) is 0 Å². The van der Waals surface area contributed by atoms with Crippen LogP contribution in [0.4, 0.5) is 10.1 Å². The predicted molar refractivity (Wildman–Crippen MR) is 69.0 cm³/mol. The van der Waals surface area contributed by atoms with Crippen molar-refractivity contribution in [1.82, 2.24) is 5.32 Å². The van der Waals surface area contributed by atoms with E-state index in [9.17, 15) is 14.0 Å². The number of carbonyl (C=O) groups is 2. The molecule has 19 heavy (non-hydrogen) atoms. The molecule has 3 N–H and O–H groups in total. The number of hydrogen-bond donors (Lipinski definition) is 3. The van der Waals surface area contributed by atoms with Crippen LogP contribution in [0.1, 0.15) is 19.3 Å². The lowest BCUT2D eigenvalue weighted by Gasteiger charge is -2.06. The molecule has 1 rings (SSSR count). The molecular weight excluding hydrogens is 251 g/mol. The molecule has 5 nitrogen and oxygen atoms in total. The summed E-state index contributed by atoms with van der Waals surface area (Å²) in [5.74, 6) is -1.92. The Labute approximate surface area is 110 Å². The number of benzene rings is 1. The van der Waals surface area contributed by atoms with E-state index in [0.717, 1.165) is 6.42 Å². The van der Waals surface area contributed by atoms with Crippen molar-refractivity contribution in [3.63, 3.8) is 0 Å². The molecule has 0 unspecified atom stereocenters. The van der Waals surface area contributed by atoms with Crippen molar-refractivity contribution in [1.29, 1.82) is 0 Å². The van der Waals surface area contributed by atoms with Gasteiger partial charge in [0.25, 0.3) is 0 Å². The molecule has 0 spiro atoms. The van der Waals surface area contributed by atoms with Gasteiger partial charge in [-0.25, -0.2) is 4.39 Å². The van der Waals surface area contributed by atoms with Crippen molar-refractivity contribution >= 4 is 17.5 Å². The summed E-state index contributed by atoms with van der Waals surface area (Å²) < 4.78 is 12.6. The maximum absolute atomic E-state index is 12.6. The van der Waals surface area contributed by atoms with E-state index in [1.807, 2.05) is 0 Å². The highest BCUT2D eigenvalue weighted by molar-refractivity contribution is 6.39. The number of aliphatic hydroxyl groups excluding tert-OH is 1. The Morgan fingerprint density at radius 1 is 1.05 bits per heavy atom. The van der Waals surface area contributed by atoms with Gasteiger partial charge in [-0.05, 0) is 43.5 Å². The number of anilines is 1. The molecule has 0 heterocycles. The summed E-state index contributed by atoms with van der Waals surface area (Å²) in [6.07, 6.45) is 2.17. The number of rotatable bonds is 6. The molecule has 0 saturated heterocycles. The van der Waals surface area contributed by atoms with Crippen LogP contribution in [0.25, 0.3) is 0 Å². The second kappa shape index (κ2) is 8.20. The van der Waals surface area contributed by atoms with E-state index >= 15 is 0 Å². The van der Waals surface area contributed by atoms with E-state index in [1.54, 1.807) is 0 Å². The third-order valence-electron chi connectivity index (χ3n) is 2.43. The summed E-state index contributed by atoms with van der Waals surface area (Å²) in [5, 5.41) is 13.4. The molecule has 0 aliphatic rings. The minimum Gasteiger partial charge on any atom is -0.396 e. The molecule has 6 heteroatoms. The lowest BCUT2D eigenvalue weighted by Crippen LogP contribution is -2.35. The van der Waals surface area contributed by atoms with Crippen LogP contribution in [-0.4, -0.2) is 30.1 Å². The van der Waals surface area contributed by atoms with Crippen LogP contribution in [0.15, 0.2) is 24.3 Å². The molecular formula is C13H17FN2O3. The average molecular weight is 268 g/mol. The lowest BCUT2D eigenvalue weighted by molar-refractivity contribution is -0.136. The maximum atomic E-state index is 12.6. The molecule has 0 bridgehead atoms. The number of unbranched alkanes of at least 4 members (excludes halogenated alkanes) is 2. The Bertz CT molecular complexity index is 420. The smallest absolute Gasteiger partial charge is 0.313 e. The first-order valence-electron chi connectivity index (χ1n) is 6.09. The molecule has 1 aromatic carbocycles. The molecule has 0 atom stereocenters. The second-order valence-electron chi connectivity index (χ2n) is 4.00. The first-order valence-corrected chi connectivity index (χ1v) is 6.09. The van der Waals surface area contributed by atoms with Gasteiger partial charge in [-0.15, -0.1) is 0 Å². The monoisotopic (exact) mass is 268 g/mol. The molecule has 0 saturated carbocycles. The fraction of sp³-hybridized carbons (Fsp3) is 0.385. The first kappa shape index (κ1) is 15.1. The number of hydrogen-bond acceptors (Lipinski definition) is 3. The van der Waals surface area contributed by atoms with E-state index < -0.39 is 17.6 Å². The zero-order chi connectivity index (χ0) is 14.1.